The van der Waals surface area contributed by atoms with Gasteiger partial charge in [-0.15, -0.1) is 11.8 Å². The SMILES string of the molecule is CCCCCCCN(C(=O)Nc1ccccc1)C1Cc2ccc(SC(C)(C)C(=O)O)cc2C1. The highest BCUT2D eigenvalue weighted by atomic mass is 32.2. The maximum absolute atomic E-state index is 13.2. The largest absolute Gasteiger partial charge is 0.480 e. The third kappa shape index (κ3) is 7.00. The molecule has 2 N–H and O–H groups in total. The van der Waals surface area contributed by atoms with Crippen molar-refractivity contribution in [3.63, 3.8) is 0 Å². The minimum absolute atomic E-state index is 0.0453. The summed E-state index contributed by atoms with van der Waals surface area (Å²) in [4.78, 5) is 27.7. The Morgan fingerprint density at radius 2 is 1.73 bits per heavy atom. The molecule has 178 valence electrons. The molecule has 0 radical (unpaired) electrons. The van der Waals surface area contributed by atoms with Crippen LogP contribution in [0.2, 0.25) is 0 Å². The summed E-state index contributed by atoms with van der Waals surface area (Å²) in [6.07, 6.45) is 7.41. The van der Waals surface area contributed by atoms with Crippen LogP contribution in [0.4, 0.5) is 10.5 Å². The second-order valence-electron chi connectivity index (χ2n) is 9.31. The molecule has 1 unspecified atom stereocenters. The predicted octanol–water partition coefficient (Wildman–Crippen LogP) is 6.61. The molecule has 0 saturated heterocycles. The number of urea groups is 1. The normalized spacial score (nSPS) is 15.2. The third-order valence-corrected chi connectivity index (χ3v) is 7.38. The highest BCUT2D eigenvalue weighted by Gasteiger charge is 2.32. The molecule has 0 fully saturated rings. The average Bonchev–Trinajstić information content (AvgIpc) is 3.19. The van der Waals surface area contributed by atoms with Crippen LogP contribution in [0.25, 0.3) is 0 Å². The van der Waals surface area contributed by atoms with Crippen LogP contribution in [0.15, 0.2) is 53.4 Å². The summed E-state index contributed by atoms with van der Waals surface area (Å²) in [7, 11) is 0. The van der Waals surface area contributed by atoms with E-state index in [1.807, 2.05) is 41.3 Å². The fraction of sp³-hybridized carbons (Fsp3) is 0.481. The molecule has 6 heteroatoms. The maximum atomic E-state index is 13.2. The number of carbonyl (C=O) groups is 2. The number of unbranched alkanes of at least 4 members (excludes halogenated alkanes) is 4. The standard InChI is InChI=1S/C27H36N2O3S/c1-4-5-6-7-11-16-29(26(32)28-22-12-9-8-10-13-22)23-17-20-14-15-24(19-21(20)18-23)33-27(2,3)25(30)31/h8-10,12-15,19,23H,4-7,11,16-18H2,1-3H3,(H,28,32)(H,30,31). The van der Waals surface area contributed by atoms with Gasteiger partial charge in [-0.3, -0.25) is 4.79 Å². The van der Waals surface area contributed by atoms with E-state index >= 15 is 0 Å². The molecule has 5 nitrogen and oxygen atoms in total. The van der Waals surface area contributed by atoms with E-state index < -0.39 is 10.7 Å². The van der Waals surface area contributed by atoms with E-state index in [2.05, 4.69) is 24.4 Å². The van der Waals surface area contributed by atoms with Crippen molar-refractivity contribution in [3.8, 4) is 0 Å². The molecule has 2 amide bonds. The summed E-state index contributed by atoms with van der Waals surface area (Å²) < 4.78 is -0.883. The van der Waals surface area contributed by atoms with Gasteiger partial charge in [0.05, 0.1) is 0 Å². The first kappa shape index (κ1) is 25.2. The Bertz CT molecular complexity index is 946. The van der Waals surface area contributed by atoms with Crippen molar-refractivity contribution in [3.05, 3.63) is 59.7 Å². The molecule has 0 spiro atoms. The molecular formula is C27H36N2O3S. The van der Waals surface area contributed by atoms with Gasteiger partial charge < -0.3 is 15.3 Å². The summed E-state index contributed by atoms with van der Waals surface area (Å²) in [5.74, 6) is -0.822. The number of thioether (sulfide) groups is 1. The number of anilines is 1. The number of carbonyl (C=O) groups excluding carboxylic acids is 1. The van der Waals surface area contributed by atoms with Gasteiger partial charge in [-0.1, -0.05) is 56.9 Å². The lowest BCUT2D eigenvalue weighted by Gasteiger charge is -2.29. The Kier molecular flexibility index (Phi) is 8.84. The minimum Gasteiger partial charge on any atom is -0.480 e. The average molecular weight is 469 g/mol. The Morgan fingerprint density at radius 3 is 2.42 bits per heavy atom. The van der Waals surface area contributed by atoms with Gasteiger partial charge in [0.2, 0.25) is 0 Å². The summed E-state index contributed by atoms with van der Waals surface area (Å²) in [6.45, 7) is 6.41. The van der Waals surface area contributed by atoms with Crippen molar-refractivity contribution in [2.24, 2.45) is 0 Å². The van der Waals surface area contributed by atoms with Crippen molar-refractivity contribution in [2.45, 2.75) is 81.4 Å². The number of benzene rings is 2. The van der Waals surface area contributed by atoms with Crippen LogP contribution >= 0.6 is 11.8 Å². The maximum Gasteiger partial charge on any atom is 0.322 e. The van der Waals surface area contributed by atoms with Gasteiger partial charge in [-0.05, 0) is 68.5 Å². The van der Waals surface area contributed by atoms with Crippen molar-refractivity contribution in [1.29, 1.82) is 0 Å². The highest BCUT2D eigenvalue weighted by molar-refractivity contribution is 8.01. The predicted molar refractivity (Wildman–Crippen MR) is 136 cm³/mol. The summed E-state index contributed by atoms with van der Waals surface area (Å²) in [5.41, 5.74) is 3.28. The molecule has 1 aliphatic carbocycles. The molecule has 3 rings (SSSR count). The molecular weight excluding hydrogens is 432 g/mol. The lowest BCUT2D eigenvalue weighted by atomic mass is 10.1. The van der Waals surface area contributed by atoms with Gasteiger partial charge in [0, 0.05) is 23.2 Å². The van der Waals surface area contributed by atoms with E-state index in [1.54, 1.807) is 13.8 Å². The molecule has 0 heterocycles. The Labute approximate surface area is 202 Å². The first-order valence-electron chi connectivity index (χ1n) is 12.0. The fourth-order valence-electron chi connectivity index (χ4n) is 4.25. The number of aliphatic carboxylic acids is 1. The van der Waals surface area contributed by atoms with E-state index in [-0.39, 0.29) is 12.1 Å². The molecule has 0 aromatic heterocycles. The Balaban J connectivity index is 1.71. The molecule has 2 aromatic carbocycles. The van der Waals surface area contributed by atoms with E-state index in [1.165, 1.54) is 42.2 Å². The van der Waals surface area contributed by atoms with Gasteiger partial charge in [-0.2, -0.15) is 0 Å². The molecule has 2 aromatic rings. The van der Waals surface area contributed by atoms with Crippen LogP contribution in [0, 0.1) is 0 Å². The number of rotatable bonds is 11. The van der Waals surface area contributed by atoms with Gasteiger partial charge in [0.15, 0.2) is 0 Å². The first-order valence-corrected chi connectivity index (χ1v) is 12.8. The van der Waals surface area contributed by atoms with Crippen molar-refractivity contribution >= 4 is 29.4 Å². The molecule has 0 saturated carbocycles. The van der Waals surface area contributed by atoms with E-state index in [4.69, 9.17) is 0 Å². The summed E-state index contributed by atoms with van der Waals surface area (Å²) >= 11 is 1.37. The Hall–Kier alpha value is -2.47. The van der Waals surface area contributed by atoms with Crippen molar-refractivity contribution in [2.75, 3.05) is 11.9 Å². The quantitative estimate of drug-likeness (QED) is 0.287. The monoisotopic (exact) mass is 468 g/mol. The van der Waals surface area contributed by atoms with Gasteiger partial charge >= 0.3 is 12.0 Å². The lowest BCUT2D eigenvalue weighted by molar-refractivity contribution is -0.138. The van der Waals surface area contributed by atoms with Crippen molar-refractivity contribution < 1.29 is 14.7 Å². The number of carboxylic acid groups (broad SMARTS) is 1. The first-order chi connectivity index (χ1) is 15.8. The second kappa shape index (κ2) is 11.6. The molecule has 33 heavy (non-hydrogen) atoms. The molecule has 1 aliphatic rings. The molecule has 0 bridgehead atoms. The zero-order valence-electron chi connectivity index (χ0n) is 20.0. The van der Waals surface area contributed by atoms with Gasteiger partial charge in [-0.25, -0.2) is 4.79 Å². The summed E-state index contributed by atoms with van der Waals surface area (Å²) in [6, 6.07) is 15.9. The third-order valence-electron chi connectivity index (χ3n) is 6.21. The van der Waals surface area contributed by atoms with Crippen LogP contribution < -0.4 is 5.32 Å². The Morgan fingerprint density at radius 1 is 1.03 bits per heavy atom. The van der Waals surface area contributed by atoms with Crippen LogP contribution in [-0.4, -0.2) is 39.3 Å². The summed E-state index contributed by atoms with van der Waals surface area (Å²) in [5, 5.41) is 12.5. The van der Waals surface area contributed by atoms with Crippen LogP contribution in [0.1, 0.15) is 64.0 Å². The smallest absolute Gasteiger partial charge is 0.322 e. The zero-order chi connectivity index (χ0) is 23.8. The van der Waals surface area contributed by atoms with E-state index in [0.717, 1.165) is 42.8 Å². The second-order valence-corrected chi connectivity index (χ2v) is 11.0. The number of nitrogens with one attached hydrogen (secondary N) is 1. The van der Waals surface area contributed by atoms with Crippen LogP contribution in [0.5, 0.6) is 0 Å². The number of carboxylic acids is 1. The van der Waals surface area contributed by atoms with E-state index in [9.17, 15) is 14.7 Å². The number of hydrogen-bond donors (Lipinski definition) is 2. The van der Waals surface area contributed by atoms with Crippen LogP contribution in [0.3, 0.4) is 0 Å². The number of hydrogen-bond acceptors (Lipinski definition) is 3. The number of fused-ring (bicyclic) bond motifs is 1. The van der Waals surface area contributed by atoms with Crippen molar-refractivity contribution in [1.82, 2.24) is 4.90 Å². The van der Waals surface area contributed by atoms with Crippen LogP contribution in [-0.2, 0) is 17.6 Å². The molecule has 1 atom stereocenters. The number of amides is 2. The minimum atomic E-state index is -0.883. The van der Waals surface area contributed by atoms with Gasteiger partial charge in [0.25, 0.3) is 0 Å². The van der Waals surface area contributed by atoms with E-state index in [0.29, 0.717) is 0 Å². The zero-order valence-corrected chi connectivity index (χ0v) is 20.8. The topological polar surface area (TPSA) is 69.6 Å². The molecule has 0 aliphatic heterocycles. The van der Waals surface area contributed by atoms with Gasteiger partial charge in [0.1, 0.15) is 4.75 Å². The highest BCUT2D eigenvalue weighted by Crippen LogP contribution is 2.36. The number of nitrogens with zero attached hydrogens (tertiary/aromatic N) is 1. The number of para-hydroxylation sites is 1. The lowest BCUT2D eigenvalue weighted by Crippen LogP contribution is -2.44. The fourth-order valence-corrected chi connectivity index (χ4v) is 5.26.